The Morgan fingerprint density at radius 2 is 1.72 bits per heavy atom. The van der Waals surface area contributed by atoms with Gasteiger partial charge in [-0.05, 0) is 44.0 Å². The largest absolute Gasteiger partial charge is 0.369 e. The van der Waals surface area contributed by atoms with Crippen molar-refractivity contribution < 1.29 is 14.4 Å². The van der Waals surface area contributed by atoms with Crippen LogP contribution in [0, 0.1) is 12.8 Å². The number of aryl methyl sites for hydroxylation is 1. The predicted molar refractivity (Wildman–Crippen MR) is 115 cm³/mol. The third kappa shape index (κ3) is 5.60. The van der Waals surface area contributed by atoms with Gasteiger partial charge in [0.25, 0.3) is 5.91 Å². The van der Waals surface area contributed by atoms with E-state index in [2.05, 4.69) is 5.32 Å². The minimum Gasteiger partial charge on any atom is -0.369 e. The smallest absolute Gasteiger partial charge is 0.255 e. The van der Waals surface area contributed by atoms with Crippen molar-refractivity contribution in [1.82, 2.24) is 4.90 Å². The average Bonchev–Trinajstić information content (AvgIpc) is 2.73. The predicted octanol–water partition coefficient (Wildman–Crippen LogP) is 3.06. The van der Waals surface area contributed by atoms with Crippen LogP contribution in [0.15, 0.2) is 53.4 Å². The summed E-state index contributed by atoms with van der Waals surface area (Å²) < 4.78 is 0. The van der Waals surface area contributed by atoms with Gasteiger partial charge < -0.3 is 16.0 Å². The first kappa shape index (κ1) is 20.9. The van der Waals surface area contributed by atoms with Crippen LogP contribution in [0.25, 0.3) is 0 Å². The molecule has 1 heterocycles. The summed E-state index contributed by atoms with van der Waals surface area (Å²) in [6, 6.07) is 15.0. The Morgan fingerprint density at radius 1 is 1.07 bits per heavy atom. The van der Waals surface area contributed by atoms with Crippen LogP contribution in [0.3, 0.4) is 0 Å². The summed E-state index contributed by atoms with van der Waals surface area (Å²) in [5.41, 5.74) is 7.50. The summed E-state index contributed by atoms with van der Waals surface area (Å²) in [5, 5.41) is 2.86. The van der Waals surface area contributed by atoms with E-state index in [9.17, 15) is 14.4 Å². The standard InChI is InChI=1S/C22H25N3O3S/c1-15-6-8-17(9-7-15)29-14-20(26)24-19-5-3-2-4-18(19)22(28)25-12-10-16(11-13-25)21(23)27/h2-9,16H,10-14H2,1H3,(H2,23,27)(H,24,26). The molecule has 0 spiro atoms. The lowest BCUT2D eigenvalue weighted by atomic mass is 9.95. The van der Waals surface area contributed by atoms with Gasteiger partial charge in [0.2, 0.25) is 11.8 Å². The number of likely N-dealkylation sites (tertiary alicyclic amines) is 1. The zero-order valence-electron chi connectivity index (χ0n) is 16.4. The number of para-hydroxylation sites is 1. The highest BCUT2D eigenvalue weighted by Crippen LogP contribution is 2.23. The average molecular weight is 412 g/mol. The van der Waals surface area contributed by atoms with Crippen LogP contribution < -0.4 is 11.1 Å². The summed E-state index contributed by atoms with van der Waals surface area (Å²) >= 11 is 1.45. The third-order valence-electron chi connectivity index (χ3n) is 5.01. The molecule has 0 radical (unpaired) electrons. The Balaban J connectivity index is 1.61. The Bertz CT molecular complexity index is 890. The van der Waals surface area contributed by atoms with E-state index in [0.717, 1.165) is 4.90 Å². The number of rotatable bonds is 6. The van der Waals surface area contributed by atoms with Crippen molar-refractivity contribution in [2.45, 2.75) is 24.7 Å². The van der Waals surface area contributed by atoms with Gasteiger partial charge in [-0.25, -0.2) is 0 Å². The zero-order valence-corrected chi connectivity index (χ0v) is 17.2. The van der Waals surface area contributed by atoms with Gasteiger partial charge in [0.15, 0.2) is 0 Å². The number of nitrogens with one attached hydrogen (secondary N) is 1. The van der Waals surface area contributed by atoms with Crippen molar-refractivity contribution in [3.05, 3.63) is 59.7 Å². The topological polar surface area (TPSA) is 92.5 Å². The van der Waals surface area contributed by atoms with Crippen LogP contribution in [0.5, 0.6) is 0 Å². The van der Waals surface area contributed by atoms with E-state index in [1.807, 2.05) is 31.2 Å². The number of benzene rings is 2. The number of nitrogens with two attached hydrogens (primary N) is 1. The van der Waals surface area contributed by atoms with Crippen LogP contribution in [0.4, 0.5) is 5.69 Å². The number of amides is 3. The summed E-state index contributed by atoms with van der Waals surface area (Å²) in [6.45, 7) is 2.99. The summed E-state index contributed by atoms with van der Waals surface area (Å²) in [4.78, 5) is 39.4. The molecule has 29 heavy (non-hydrogen) atoms. The van der Waals surface area contributed by atoms with Crippen LogP contribution >= 0.6 is 11.8 Å². The van der Waals surface area contributed by atoms with Crippen LogP contribution in [-0.4, -0.2) is 41.5 Å². The Hall–Kier alpha value is -2.80. The SMILES string of the molecule is Cc1ccc(SCC(=O)Nc2ccccc2C(=O)N2CCC(C(N)=O)CC2)cc1. The second kappa shape index (κ2) is 9.60. The number of nitrogens with zero attached hydrogens (tertiary/aromatic N) is 1. The minimum atomic E-state index is -0.309. The molecule has 0 aliphatic carbocycles. The molecule has 3 amide bonds. The number of thioether (sulfide) groups is 1. The molecular weight excluding hydrogens is 386 g/mol. The maximum absolute atomic E-state index is 12.9. The van der Waals surface area contributed by atoms with E-state index in [4.69, 9.17) is 5.73 Å². The van der Waals surface area contributed by atoms with Gasteiger partial charge in [-0.15, -0.1) is 11.8 Å². The van der Waals surface area contributed by atoms with Gasteiger partial charge in [0.1, 0.15) is 0 Å². The lowest BCUT2D eigenvalue weighted by Gasteiger charge is -2.31. The van der Waals surface area contributed by atoms with E-state index in [0.29, 0.717) is 37.2 Å². The fourth-order valence-electron chi connectivity index (χ4n) is 3.29. The molecule has 1 aliphatic heterocycles. The van der Waals surface area contributed by atoms with Gasteiger partial charge in [0.05, 0.1) is 17.0 Å². The molecule has 0 bridgehead atoms. The fraction of sp³-hybridized carbons (Fsp3) is 0.318. The molecule has 2 aromatic carbocycles. The Labute approximate surface area is 174 Å². The lowest BCUT2D eigenvalue weighted by molar-refractivity contribution is -0.123. The molecule has 2 aromatic rings. The van der Waals surface area contributed by atoms with Crippen molar-refractivity contribution >= 4 is 35.2 Å². The Morgan fingerprint density at radius 3 is 2.38 bits per heavy atom. The van der Waals surface area contributed by atoms with Crippen molar-refractivity contribution in [2.24, 2.45) is 11.7 Å². The van der Waals surface area contributed by atoms with Crippen molar-refractivity contribution in [3.63, 3.8) is 0 Å². The summed E-state index contributed by atoms with van der Waals surface area (Å²) in [6.07, 6.45) is 1.14. The molecule has 0 saturated carbocycles. The quantitative estimate of drug-likeness (QED) is 0.715. The second-order valence-electron chi connectivity index (χ2n) is 7.16. The van der Waals surface area contributed by atoms with Crippen LogP contribution in [0.2, 0.25) is 0 Å². The maximum Gasteiger partial charge on any atom is 0.255 e. The normalized spacial score (nSPS) is 14.4. The number of carbonyl (C=O) groups is 3. The number of piperidine rings is 1. The van der Waals surface area contributed by atoms with Crippen molar-refractivity contribution in [3.8, 4) is 0 Å². The van der Waals surface area contributed by atoms with E-state index in [1.165, 1.54) is 17.3 Å². The second-order valence-corrected chi connectivity index (χ2v) is 8.21. The molecule has 1 saturated heterocycles. The van der Waals surface area contributed by atoms with Gasteiger partial charge >= 0.3 is 0 Å². The first-order valence-corrected chi connectivity index (χ1v) is 10.6. The molecule has 3 N–H and O–H groups in total. The highest BCUT2D eigenvalue weighted by atomic mass is 32.2. The molecule has 0 atom stereocenters. The molecular formula is C22H25N3O3S. The highest BCUT2D eigenvalue weighted by molar-refractivity contribution is 8.00. The molecule has 3 rings (SSSR count). The van der Waals surface area contributed by atoms with E-state index < -0.39 is 0 Å². The van der Waals surface area contributed by atoms with E-state index in [-0.39, 0.29) is 29.4 Å². The maximum atomic E-state index is 12.9. The molecule has 0 unspecified atom stereocenters. The Kier molecular flexibility index (Phi) is 6.93. The van der Waals surface area contributed by atoms with Gasteiger partial charge in [-0.1, -0.05) is 29.8 Å². The van der Waals surface area contributed by atoms with Crippen molar-refractivity contribution in [1.29, 1.82) is 0 Å². The number of primary amides is 1. The van der Waals surface area contributed by atoms with Crippen LogP contribution in [-0.2, 0) is 9.59 Å². The van der Waals surface area contributed by atoms with E-state index >= 15 is 0 Å². The van der Waals surface area contributed by atoms with Gasteiger partial charge in [-0.3, -0.25) is 14.4 Å². The molecule has 1 fully saturated rings. The first-order valence-electron chi connectivity index (χ1n) is 9.61. The number of anilines is 1. The van der Waals surface area contributed by atoms with E-state index in [1.54, 1.807) is 29.2 Å². The van der Waals surface area contributed by atoms with Crippen molar-refractivity contribution in [2.75, 3.05) is 24.2 Å². The third-order valence-corrected chi connectivity index (χ3v) is 6.02. The van der Waals surface area contributed by atoms with Crippen LogP contribution in [0.1, 0.15) is 28.8 Å². The molecule has 0 aromatic heterocycles. The fourth-order valence-corrected chi connectivity index (χ4v) is 3.98. The molecule has 152 valence electrons. The summed E-state index contributed by atoms with van der Waals surface area (Å²) in [7, 11) is 0. The molecule has 7 heteroatoms. The number of hydrogen-bond donors (Lipinski definition) is 2. The minimum absolute atomic E-state index is 0.144. The molecule has 6 nitrogen and oxygen atoms in total. The highest BCUT2D eigenvalue weighted by Gasteiger charge is 2.27. The molecule has 1 aliphatic rings. The lowest BCUT2D eigenvalue weighted by Crippen LogP contribution is -2.42. The van der Waals surface area contributed by atoms with Gasteiger partial charge in [0, 0.05) is 23.9 Å². The number of hydrogen-bond acceptors (Lipinski definition) is 4. The number of carbonyl (C=O) groups excluding carboxylic acids is 3. The first-order chi connectivity index (χ1) is 13.9. The van der Waals surface area contributed by atoms with Gasteiger partial charge in [-0.2, -0.15) is 0 Å². The monoisotopic (exact) mass is 411 g/mol. The zero-order chi connectivity index (χ0) is 20.8. The summed E-state index contributed by atoms with van der Waals surface area (Å²) in [5.74, 6) is -0.530.